The van der Waals surface area contributed by atoms with Crippen molar-refractivity contribution in [2.45, 2.75) is 31.6 Å². The van der Waals surface area contributed by atoms with Crippen molar-refractivity contribution >= 4 is 38.4 Å². The molecule has 120 valence electrons. The highest BCUT2D eigenvalue weighted by Gasteiger charge is 2.28. The van der Waals surface area contributed by atoms with Crippen LogP contribution in [0, 0.1) is 12.3 Å². The predicted octanol–water partition coefficient (Wildman–Crippen LogP) is 2.85. The number of halogens is 2. The van der Waals surface area contributed by atoms with Crippen molar-refractivity contribution in [3.8, 4) is 0 Å². The average molecular weight is 398 g/mol. The molecule has 7 heteroatoms. The van der Waals surface area contributed by atoms with Gasteiger partial charge in [-0.2, -0.15) is 0 Å². The lowest BCUT2D eigenvalue weighted by Gasteiger charge is -2.34. The fourth-order valence-electron chi connectivity index (χ4n) is 2.34. The van der Waals surface area contributed by atoms with E-state index in [1.807, 2.05) is 6.92 Å². The molecule has 0 saturated carbocycles. The summed E-state index contributed by atoms with van der Waals surface area (Å²) >= 11 is 3.38. The zero-order chi connectivity index (χ0) is 14.8. The third-order valence-electron chi connectivity index (χ3n) is 3.94. The normalized spacial score (nSPS) is 18.0. The Hall–Kier alpha value is -0.140. The zero-order valence-electron chi connectivity index (χ0n) is 12.3. The predicted molar refractivity (Wildman–Crippen MR) is 91.5 cm³/mol. The molecule has 0 unspecified atom stereocenters. The summed E-state index contributed by atoms with van der Waals surface area (Å²) in [5, 5.41) is 3.30. The largest absolute Gasteiger partial charge is 0.317 e. The first-order valence-electron chi connectivity index (χ1n) is 6.79. The highest BCUT2D eigenvalue weighted by atomic mass is 79.9. The molecule has 0 aliphatic carbocycles. The van der Waals surface area contributed by atoms with Crippen molar-refractivity contribution in [1.82, 2.24) is 10.0 Å². The molecule has 0 aromatic heterocycles. The number of rotatable bonds is 4. The Bertz CT molecular complexity index is 587. The van der Waals surface area contributed by atoms with Crippen molar-refractivity contribution in [2.75, 3.05) is 19.6 Å². The Kier molecular flexibility index (Phi) is 6.68. The van der Waals surface area contributed by atoms with Crippen LogP contribution in [0.25, 0.3) is 0 Å². The Morgan fingerprint density at radius 1 is 1.33 bits per heavy atom. The molecule has 2 rings (SSSR count). The summed E-state index contributed by atoms with van der Waals surface area (Å²) in [7, 11) is -3.43. The molecule has 4 nitrogen and oxygen atoms in total. The second kappa shape index (κ2) is 7.42. The first-order chi connectivity index (χ1) is 9.32. The molecule has 1 heterocycles. The van der Waals surface area contributed by atoms with Crippen LogP contribution in [0.1, 0.15) is 25.3 Å². The van der Waals surface area contributed by atoms with Gasteiger partial charge in [-0.3, -0.25) is 0 Å². The number of hydrogen-bond donors (Lipinski definition) is 2. The molecule has 1 aliphatic rings. The van der Waals surface area contributed by atoms with E-state index in [4.69, 9.17) is 0 Å². The molecule has 1 aromatic carbocycles. The average Bonchev–Trinajstić information content (AvgIpc) is 2.41. The van der Waals surface area contributed by atoms with Crippen LogP contribution >= 0.6 is 28.3 Å². The SMILES string of the molecule is Cc1cc(S(=O)(=O)NCC2(C)CCNCC2)ccc1Br.Cl. The number of piperidine rings is 1. The van der Waals surface area contributed by atoms with Crippen LogP contribution in [0.3, 0.4) is 0 Å². The van der Waals surface area contributed by atoms with Crippen LogP contribution in [0.4, 0.5) is 0 Å². The Balaban J connectivity index is 0.00000220. The number of nitrogens with one attached hydrogen (secondary N) is 2. The van der Waals surface area contributed by atoms with E-state index in [2.05, 4.69) is 32.9 Å². The van der Waals surface area contributed by atoms with E-state index in [9.17, 15) is 8.42 Å². The summed E-state index contributed by atoms with van der Waals surface area (Å²) in [6.07, 6.45) is 1.99. The third kappa shape index (κ3) is 4.93. The summed E-state index contributed by atoms with van der Waals surface area (Å²) in [6.45, 7) is 6.43. The fraction of sp³-hybridized carbons (Fsp3) is 0.571. The molecule has 2 N–H and O–H groups in total. The van der Waals surface area contributed by atoms with Crippen LogP contribution in [-0.2, 0) is 10.0 Å². The quantitative estimate of drug-likeness (QED) is 0.821. The summed E-state index contributed by atoms with van der Waals surface area (Å²) in [5.74, 6) is 0. The van der Waals surface area contributed by atoms with Gasteiger partial charge in [0.2, 0.25) is 10.0 Å². The van der Waals surface area contributed by atoms with E-state index < -0.39 is 10.0 Å². The molecule has 1 fully saturated rings. The van der Waals surface area contributed by atoms with Crippen LogP contribution in [0.2, 0.25) is 0 Å². The second-order valence-corrected chi connectivity index (χ2v) is 8.42. The summed E-state index contributed by atoms with van der Waals surface area (Å²) in [6, 6.07) is 5.09. The second-order valence-electron chi connectivity index (χ2n) is 5.80. The minimum atomic E-state index is -3.43. The molecule has 0 amide bonds. The number of hydrogen-bond acceptors (Lipinski definition) is 3. The maximum atomic E-state index is 12.3. The van der Waals surface area contributed by atoms with Gasteiger partial charge in [-0.25, -0.2) is 13.1 Å². The Morgan fingerprint density at radius 2 is 1.95 bits per heavy atom. The van der Waals surface area contributed by atoms with Crippen molar-refractivity contribution in [3.05, 3.63) is 28.2 Å². The van der Waals surface area contributed by atoms with Crippen LogP contribution in [-0.4, -0.2) is 28.1 Å². The van der Waals surface area contributed by atoms with Gasteiger partial charge in [0.15, 0.2) is 0 Å². The molecule has 1 saturated heterocycles. The third-order valence-corrected chi connectivity index (χ3v) is 6.23. The van der Waals surface area contributed by atoms with Crippen LogP contribution < -0.4 is 10.0 Å². The summed E-state index contributed by atoms with van der Waals surface area (Å²) < 4.78 is 28.4. The molecule has 1 aromatic rings. The number of benzene rings is 1. The van der Waals surface area contributed by atoms with E-state index in [1.165, 1.54) is 0 Å². The van der Waals surface area contributed by atoms with Gasteiger partial charge in [-0.15, -0.1) is 12.4 Å². The molecule has 1 aliphatic heterocycles. The molecule has 0 spiro atoms. The smallest absolute Gasteiger partial charge is 0.240 e. The molecule has 21 heavy (non-hydrogen) atoms. The maximum Gasteiger partial charge on any atom is 0.240 e. The summed E-state index contributed by atoms with van der Waals surface area (Å²) in [5.41, 5.74) is 0.962. The highest BCUT2D eigenvalue weighted by Crippen LogP contribution is 2.27. The van der Waals surface area contributed by atoms with Gasteiger partial charge in [0.05, 0.1) is 4.90 Å². The molecule has 0 atom stereocenters. The monoisotopic (exact) mass is 396 g/mol. The van der Waals surface area contributed by atoms with Crippen LogP contribution in [0.5, 0.6) is 0 Å². The molecule has 0 radical (unpaired) electrons. The van der Waals surface area contributed by atoms with E-state index >= 15 is 0 Å². The first kappa shape index (κ1) is 18.9. The van der Waals surface area contributed by atoms with Gasteiger partial charge in [-0.1, -0.05) is 22.9 Å². The van der Waals surface area contributed by atoms with E-state index in [0.29, 0.717) is 11.4 Å². The standard InChI is InChI=1S/C14H21BrN2O2S.ClH/c1-11-9-12(3-4-13(11)15)20(18,19)17-10-14(2)5-7-16-8-6-14;/h3-4,9,16-17H,5-8,10H2,1-2H3;1H. The van der Waals surface area contributed by atoms with Crippen molar-refractivity contribution < 1.29 is 8.42 Å². The first-order valence-corrected chi connectivity index (χ1v) is 9.07. The Labute approximate surface area is 141 Å². The van der Waals surface area contributed by atoms with E-state index in [0.717, 1.165) is 36.0 Å². The van der Waals surface area contributed by atoms with Crippen LogP contribution in [0.15, 0.2) is 27.6 Å². The van der Waals surface area contributed by atoms with Crippen molar-refractivity contribution in [1.29, 1.82) is 0 Å². The van der Waals surface area contributed by atoms with Gasteiger partial charge in [0.25, 0.3) is 0 Å². The number of aryl methyl sites for hydroxylation is 1. The Morgan fingerprint density at radius 3 is 2.52 bits per heavy atom. The summed E-state index contributed by atoms with van der Waals surface area (Å²) in [4.78, 5) is 0.329. The zero-order valence-corrected chi connectivity index (χ0v) is 15.5. The molecular formula is C14H22BrClN2O2S. The lowest BCUT2D eigenvalue weighted by atomic mass is 9.81. The van der Waals surface area contributed by atoms with Gasteiger partial charge < -0.3 is 5.32 Å². The lowest BCUT2D eigenvalue weighted by molar-refractivity contribution is 0.232. The minimum absolute atomic E-state index is 0. The lowest BCUT2D eigenvalue weighted by Crippen LogP contribution is -2.42. The minimum Gasteiger partial charge on any atom is -0.317 e. The fourth-order valence-corrected chi connectivity index (χ4v) is 3.87. The van der Waals surface area contributed by atoms with Gasteiger partial charge >= 0.3 is 0 Å². The highest BCUT2D eigenvalue weighted by molar-refractivity contribution is 9.10. The van der Waals surface area contributed by atoms with Gasteiger partial charge in [0, 0.05) is 11.0 Å². The molecular weight excluding hydrogens is 376 g/mol. The maximum absolute atomic E-state index is 12.3. The van der Waals surface area contributed by atoms with E-state index in [1.54, 1.807) is 18.2 Å². The van der Waals surface area contributed by atoms with E-state index in [-0.39, 0.29) is 17.8 Å². The topological polar surface area (TPSA) is 58.2 Å². The van der Waals surface area contributed by atoms with Gasteiger partial charge in [0.1, 0.15) is 0 Å². The number of sulfonamides is 1. The van der Waals surface area contributed by atoms with Gasteiger partial charge in [-0.05, 0) is 62.0 Å². The molecule has 0 bridgehead atoms. The van der Waals surface area contributed by atoms with Crippen molar-refractivity contribution in [2.24, 2.45) is 5.41 Å². The van der Waals surface area contributed by atoms with Crippen molar-refractivity contribution in [3.63, 3.8) is 0 Å².